The summed E-state index contributed by atoms with van der Waals surface area (Å²) in [6.45, 7) is 0. The first-order valence-electron chi connectivity index (χ1n) is 1.93. The first-order chi connectivity index (χ1) is 3.84. The maximum absolute atomic E-state index is 8.19. The van der Waals surface area contributed by atoms with Crippen LogP contribution in [0.15, 0.2) is 6.33 Å². The molecule has 0 atom stereocenters. The normalized spacial score (nSPS) is 8.50. The van der Waals surface area contributed by atoms with Gasteiger partial charge in [0.25, 0.3) is 0 Å². The lowest BCUT2D eigenvalue weighted by atomic mass is 10.5. The van der Waals surface area contributed by atoms with Crippen LogP contribution in [0.2, 0.25) is 5.15 Å². The zero-order valence-corrected chi connectivity index (χ0v) is 4.61. The topological polar surface area (TPSA) is 52.5 Å². The fraction of sp³-hybridized carbons (Fsp3) is 0. The van der Waals surface area contributed by atoms with Crippen LogP contribution in [0.1, 0.15) is 5.69 Å². The monoisotopic (exact) mass is 127 g/mol. The summed E-state index contributed by atoms with van der Waals surface area (Å²) in [5.41, 5.74) is 0.242. The molecule has 0 amide bonds. The maximum atomic E-state index is 8.19. The lowest BCUT2D eigenvalue weighted by Gasteiger charge is -1.73. The van der Waals surface area contributed by atoms with Crippen molar-refractivity contribution in [3.05, 3.63) is 17.2 Å². The van der Waals surface area contributed by atoms with Crippen molar-refractivity contribution >= 4 is 11.6 Å². The second-order valence-corrected chi connectivity index (χ2v) is 1.55. The van der Waals surface area contributed by atoms with Gasteiger partial charge >= 0.3 is 0 Å². The van der Waals surface area contributed by atoms with E-state index in [4.69, 9.17) is 16.9 Å². The summed E-state index contributed by atoms with van der Waals surface area (Å²) in [5, 5.41) is 8.49. The Morgan fingerprint density at radius 1 is 1.88 bits per heavy atom. The van der Waals surface area contributed by atoms with Crippen molar-refractivity contribution in [1.29, 1.82) is 5.26 Å². The predicted molar refractivity (Wildman–Crippen MR) is 28.3 cm³/mol. The highest BCUT2D eigenvalue weighted by Gasteiger charge is 1.96. The number of H-pyrrole nitrogens is 1. The fourth-order valence-electron chi connectivity index (χ4n) is 0.356. The quantitative estimate of drug-likeness (QED) is 0.564. The van der Waals surface area contributed by atoms with Crippen molar-refractivity contribution in [1.82, 2.24) is 9.97 Å². The Morgan fingerprint density at radius 2 is 2.62 bits per heavy atom. The van der Waals surface area contributed by atoms with Gasteiger partial charge in [0.2, 0.25) is 0 Å². The summed E-state index contributed by atoms with van der Waals surface area (Å²) in [6.07, 6.45) is 1.38. The van der Waals surface area contributed by atoms with Crippen molar-refractivity contribution in [3.63, 3.8) is 0 Å². The van der Waals surface area contributed by atoms with Crippen LogP contribution in [0.5, 0.6) is 0 Å². The molecule has 40 valence electrons. The first-order valence-corrected chi connectivity index (χ1v) is 2.31. The molecule has 0 saturated heterocycles. The van der Waals surface area contributed by atoms with Crippen LogP contribution in [0, 0.1) is 11.3 Å². The minimum absolute atomic E-state index is 0.242. The van der Waals surface area contributed by atoms with Gasteiger partial charge in [-0.15, -0.1) is 0 Å². The Hall–Kier alpha value is -1.01. The van der Waals surface area contributed by atoms with Crippen LogP contribution in [0.4, 0.5) is 0 Å². The van der Waals surface area contributed by atoms with Crippen molar-refractivity contribution in [2.24, 2.45) is 0 Å². The molecule has 1 heterocycles. The van der Waals surface area contributed by atoms with Crippen LogP contribution in [-0.2, 0) is 0 Å². The number of nitriles is 1. The minimum Gasteiger partial charge on any atom is -0.335 e. The van der Waals surface area contributed by atoms with Gasteiger partial charge in [-0.1, -0.05) is 11.6 Å². The van der Waals surface area contributed by atoms with E-state index in [0.29, 0.717) is 5.15 Å². The molecule has 0 fully saturated rings. The van der Waals surface area contributed by atoms with Crippen LogP contribution < -0.4 is 0 Å². The molecular formula is C4H2ClN3. The highest BCUT2D eigenvalue weighted by atomic mass is 35.5. The van der Waals surface area contributed by atoms with E-state index in [1.807, 2.05) is 0 Å². The molecule has 1 aromatic heterocycles. The molecule has 0 aromatic carbocycles. The van der Waals surface area contributed by atoms with Gasteiger partial charge in [0.05, 0.1) is 6.33 Å². The van der Waals surface area contributed by atoms with E-state index in [-0.39, 0.29) is 5.69 Å². The molecule has 1 rings (SSSR count). The van der Waals surface area contributed by atoms with E-state index in [9.17, 15) is 0 Å². The Bertz CT molecular complexity index is 221. The third-order valence-electron chi connectivity index (χ3n) is 0.699. The van der Waals surface area contributed by atoms with Gasteiger partial charge < -0.3 is 4.98 Å². The second kappa shape index (κ2) is 1.85. The third kappa shape index (κ3) is 0.658. The standard InChI is InChI=1S/C4H2ClN3/c5-4-3(1-6)7-2-8-4/h2H,(H,7,8). The van der Waals surface area contributed by atoms with Crippen molar-refractivity contribution in [3.8, 4) is 6.07 Å². The van der Waals surface area contributed by atoms with Crippen molar-refractivity contribution in [2.75, 3.05) is 0 Å². The molecule has 0 aliphatic rings. The number of hydrogen-bond acceptors (Lipinski definition) is 2. The number of aromatic amines is 1. The van der Waals surface area contributed by atoms with Gasteiger partial charge in [0.15, 0.2) is 5.69 Å². The Morgan fingerprint density at radius 3 is 2.88 bits per heavy atom. The van der Waals surface area contributed by atoms with E-state index in [2.05, 4.69) is 9.97 Å². The number of nitrogens with zero attached hydrogens (tertiary/aromatic N) is 2. The third-order valence-corrected chi connectivity index (χ3v) is 0.987. The molecule has 0 saturated carbocycles. The van der Waals surface area contributed by atoms with Gasteiger partial charge in [-0.05, 0) is 0 Å². The highest BCUT2D eigenvalue weighted by molar-refractivity contribution is 6.30. The Kier molecular flexibility index (Phi) is 1.18. The number of aromatic nitrogens is 2. The molecule has 0 aliphatic heterocycles. The largest absolute Gasteiger partial charge is 0.335 e. The average Bonchev–Trinajstić information content (AvgIpc) is 2.14. The molecule has 1 aromatic rings. The molecular weight excluding hydrogens is 126 g/mol. The summed E-state index contributed by atoms with van der Waals surface area (Å²) in [4.78, 5) is 6.14. The number of hydrogen-bond donors (Lipinski definition) is 1. The predicted octanol–water partition coefficient (Wildman–Crippen LogP) is 0.935. The molecule has 0 aliphatic carbocycles. The molecule has 4 heteroatoms. The van der Waals surface area contributed by atoms with Gasteiger partial charge in [-0.2, -0.15) is 5.26 Å². The molecule has 0 radical (unpaired) electrons. The SMILES string of the molecule is N#Cc1nc[nH]c1Cl. The highest BCUT2D eigenvalue weighted by Crippen LogP contribution is 2.06. The summed E-state index contributed by atoms with van der Waals surface area (Å²) in [5.74, 6) is 0. The maximum Gasteiger partial charge on any atom is 0.177 e. The Labute approximate surface area is 50.9 Å². The van der Waals surface area contributed by atoms with Gasteiger partial charge in [0.1, 0.15) is 11.2 Å². The average molecular weight is 128 g/mol. The van der Waals surface area contributed by atoms with Gasteiger partial charge in [-0.25, -0.2) is 4.98 Å². The van der Waals surface area contributed by atoms with E-state index >= 15 is 0 Å². The van der Waals surface area contributed by atoms with Crippen LogP contribution in [-0.4, -0.2) is 9.97 Å². The molecule has 1 N–H and O–H groups in total. The van der Waals surface area contributed by atoms with E-state index in [0.717, 1.165) is 0 Å². The smallest absolute Gasteiger partial charge is 0.177 e. The zero-order valence-electron chi connectivity index (χ0n) is 3.85. The summed E-state index contributed by atoms with van der Waals surface area (Å²) in [7, 11) is 0. The Balaban J connectivity index is 3.15. The van der Waals surface area contributed by atoms with Crippen molar-refractivity contribution < 1.29 is 0 Å². The van der Waals surface area contributed by atoms with Gasteiger partial charge in [0, 0.05) is 0 Å². The van der Waals surface area contributed by atoms with Crippen LogP contribution in [0.25, 0.3) is 0 Å². The summed E-state index contributed by atoms with van der Waals surface area (Å²) in [6, 6.07) is 1.80. The van der Waals surface area contributed by atoms with Crippen LogP contribution in [0.3, 0.4) is 0 Å². The van der Waals surface area contributed by atoms with Crippen molar-refractivity contribution in [2.45, 2.75) is 0 Å². The minimum atomic E-state index is 0.242. The number of rotatable bonds is 0. The molecule has 3 nitrogen and oxygen atoms in total. The van der Waals surface area contributed by atoms with E-state index < -0.39 is 0 Å². The molecule has 0 bridgehead atoms. The van der Waals surface area contributed by atoms with E-state index in [1.165, 1.54) is 6.33 Å². The summed E-state index contributed by atoms with van der Waals surface area (Å²) < 4.78 is 0. The van der Waals surface area contributed by atoms with E-state index in [1.54, 1.807) is 6.07 Å². The number of nitrogens with one attached hydrogen (secondary N) is 1. The van der Waals surface area contributed by atoms with Crippen LogP contribution >= 0.6 is 11.6 Å². The molecule has 8 heavy (non-hydrogen) atoms. The molecule has 0 spiro atoms. The lowest BCUT2D eigenvalue weighted by molar-refractivity contribution is 1.29. The lowest BCUT2D eigenvalue weighted by Crippen LogP contribution is -1.69. The van der Waals surface area contributed by atoms with Gasteiger partial charge in [-0.3, -0.25) is 0 Å². The summed E-state index contributed by atoms with van der Waals surface area (Å²) >= 11 is 5.40. The second-order valence-electron chi connectivity index (χ2n) is 1.18. The molecule has 0 unspecified atom stereocenters. The number of imidazole rings is 1. The zero-order chi connectivity index (χ0) is 5.98. The fourth-order valence-corrected chi connectivity index (χ4v) is 0.496. The first kappa shape index (κ1) is 5.13. The number of halogens is 1.